The van der Waals surface area contributed by atoms with Crippen LogP contribution in [0.5, 0.6) is 0 Å². The fourth-order valence-corrected chi connectivity index (χ4v) is 2.63. The van der Waals surface area contributed by atoms with E-state index in [0.717, 1.165) is 22.0 Å². The molecule has 2 nitrogen and oxygen atoms in total. The Morgan fingerprint density at radius 1 is 0.955 bits per heavy atom. The lowest BCUT2D eigenvalue weighted by Gasteiger charge is -2.10. The Bertz CT molecular complexity index is 874. The number of fused-ring (bicyclic) bond motifs is 1. The van der Waals surface area contributed by atoms with Crippen LogP contribution in [0.25, 0.3) is 10.8 Å². The van der Waals surface area contributed by atoms with E-state index >= 15 is 0 Å². The Morgan fingerprint density at radius 3 is 2.55 bits per heavy atom. The molecule has 0 atom stereocenters. The minimum absolute atomic E-state index is 0.215. The van der Waals surface area contributed by atoms with Gasteiger partial charge in [-0.05, 0) is 42.6 Å². The van der Waals surface area contributed by atoms with E-state index in [0.29, 0.717) is 15.6 Å². The highest BCUT2D eigenvalue weighted by Crippen LogP contribution is 2.26. The van der Waals surface area contributed by atoms with E-state index in [1.807, 2.05) is 37.3 Å². The van der Waals surface area contributed by atoms with Gasteiger partial charge >= 0.3 is 0 Å². The van der Waals surface area contributed by atoms with Crippen molar-refractivity contribution in [2.24, 2.45) is 0 Å². The molecule has 0 aromatic heterocycles. The fraction of sp³-hybridized carbons (Fsp3) is 0.0556. The zero-order chi connectivity index (χ0) is 15.7. The molecule has 0 saturated heterocycles. The molecule has 1 amide bonds. The summed E-state index contributed by atoms with van der Waals surface area (Å²) in [5.74, 6) is -0.215. The molecular weight excluding hydrogens is 317 g/mol. The summed E-state index contributed by atoms with van der Waals surface area (Å²) in [6.45, 7) is 2.02. The van der Waals surface area contributed by atoms with Gasteiger partial charge in [0.05, 0.1) is 10.0 Å². The smallest absolute Gasteiger partial charge is 0.255 e. The van der Waals surface area contributed by atoms with Gasteiger partial charge in [0.25, 0.3) is 5.91 Å². The van der Waals surface area contributed by atoms with Crippen LogP contribution in [-0.4, -0.2) is 5.91 Å². The lowest BCUT2D eigenvalue weighted by molar-refractivity contribution is 0.102. The molecule has 3 rings (SSSR count). The molecular formula is C18H13Cl2NO. The molecule has 0 bridgehead atoms. The molecule has 0 heterocycles. The van der Waals surface area contributed by atoms with Crippen LogP contribution in [0.3, 0.4) is 0 Å². The number of aryl methyl sites for hydroxylation is 1. The Hall–Kier alpha value is -2.03. The minimum Gasteiger partial charge on any atom is -0.321 e. The molecule has 0 unspecified atom stereocenters. The minimum atomic E-state index is -0.215. The molecule has 0 fully saturated rings. The number of benzene rings is 3. The molecule has 0 spiro atoms. The summed E-state index contributed by atoms with van der Waals surface area (Å²) in [6, 6.07) is 16.8. The number of hydrogen-bond donors (Lipinski definition) is 1. The number of halogens is 2. The molecule has 22 heavy (non-hydrogen) atoms. The van der Waals surface area contributed by atoms with Crippen LogP contribution in [0.4, 0.5) is 5.69 Å². The van der Waals surface area contributed by atoms with Gasteiger partial charge in [0, 0.05) is 16.6 Å². The molecule has 110 valence electrons. The molecule has 0 radical (unpaired) electrons. The van der Waals surface area contributed by atoms with Crippen LogP contribution in [0.2, 0.25) is 10.0 Å². The highest BCUT2D eigenvalue weighted by molar-refractivity contribution is 6.42. The molecule has 1 N–H and O–H groups in total. The molecule has 0 aliphatic heterocycles. The maximum atomic E-state index is 12.4. The second-order valence-electron chi connectivity index (χ2n) is 5.11. The van der Waals surface area contributed by atoms with Crippen molar-refractivity contribution in [3.05, 3.63) is 75.8 Å². The van der Waals surface area contributed by atoms with Crippen LogP contribution in [-0.2, 0) is 0 Å². The average Bonchev–Trinajstić information content (AvgIpc) is 2.50. The van der Waals surface area contributed by atoms with Gasteiger partial charge in [0.2, 0.25) is 0 Å². The van der Waals surface area contributed by atoms with Gasteiger partial charge in [-0.15, -0.1) is 0 Å². The first-order chi connectivity index (χ1) is 10.5. The zero-order valence-corrected chi connectivity index (χ0v) is 13.4. The number of carbonyl (C=O) groups excluding carboxylic acids is 1. The van der Waals surface area contributed by atoms with Gasteiger partial charge in [0.15, 0.2) is 0 Å². The third-order valence-corrected chi connectivity index (χ3v) is 4.21. The zero-order valence-electron chi connectivity index (χ0n) is 11.9. The maximum absolute atomic E-state index is 12.4. The first-order valence-corrected chi connectivity index (χ1v) is 7.56. The predicted octanol–water partition coefficient (Wildman–Crippen LogP) is 5.71. The average molecular weight is 330 g/mol. The second-order valence-corrected chi connectivity index (χ2v) is 5.93. The van der Waals surface area contributed by atoms with Crippen molar-refractivity contribution in [1.82, 2.24) is 0 Å². The number of hydrogen-bond acceptors (Lipinski definition) is 1. The SMILES string of the molecule is Cc1ccc2cccc(NC(=O)c3ccc(Cl)c(Cl)c3)c2c1. The monoisotopic (exact) mass is 329 g/mol. The molecule has 0 aliphatic rings. The number of amides is 1. The summed E-state index contributed by atoms with van der Waals surface area (Å²) < 4.78 is 0. The second kappa shape index (κ2) is 5.99. The third kappa shape index (κ3) is 2.94. The largest absolute Gasteiger partial charge is 0.321 e. The summed E-state index contributed by atoms with van der Waals surface area (Å²) in [5, 5.41) is 5.82. The first kappa shape index (κ1) is 14.9. The summed E-state index contributed by atoms with van der Waals surface area (Å²) in [4.78, 5) is 12.4. The van der Waals surface area contributed by atoms with E-state index in [2.05, 4.69) is 11.4 Å². The number of anilines is 1. The topological polar surface area (TPSA) is 29.1 Å². The molecule has 4 heteroatoms. The van der Waals surface area contributed by atoms with Gasteiger partial charge in [-0.1, -0.05) is 53.0 Å². The van der Waals surface area contributed by atoms with Crippen molar-refractivity contribution in [3.8, 4) is 0 Å². The van der Waals surface area contributed by atoms with Gasteiger partial charge in [-0.3, -0.25) is 4.79 Å². The van der Waals surface area contributed by atoms with Gasteiger partial charge in [0.1, 0.15) is 0 Å². The van der Waals surface area contributed by atoms with E-state index in [-0.39, 0.29) is 5.91 Å². The van der Waals surface area contributed by atoms with Gasteiger partial charge in [-0.2, -0.15) is 0 Å². The summed E-state index contributed by atoms with van der Waals surface area (Å²) in [6.07, 6.45) is 0. The summed E-state index contributed by atoms with van der Waals surface area (Å²) in [5.41, 5.74) is 2.39. The lowest BCUT2D eigenvalue weighted by atomic mass is 10.1. The van der Waals surface area contributed by atoms with E-state index in [1.54, 1.807) is 18.2 Å². The molecule has 3 aromatic rings. The van der Waals surface area contributed by atoms with E-state index in [9.17, 15) is 4.79 Å². The third-order valence-electron chi connectivity index (χ3n) is 3.47. The quantitative estimate of drug-likeness (QED) is 0.641. The van der Waals surface area contributed by atoms with Crippen molar-refractivity contribution in [2.75, 3.05) is 5.32 Å². The Balaban J connectivity index is 1.97. The number of nitrogens with one attached hydrogen (secondary N) is 1. The van der Waals surface area contributed by atoms with Crippen molar-refractivity contribution in [3.63, 3.8) is 0 Å². The Kier molecular flexibility index (Phi) is 4.06. The summed E-state index contributed by atoms with van der Waals surface area (Å²) in [7, 11) is 0. The maximum Gasteiger partial charge on any atom is 0.255 e. The Morgan fingerprint density at radius 2 is 1.77 bits per heavy atom. The van der Waals surface area contributed by atoms with Crippen molar-refractivity contribution >= 4 is 45.6 Å². The predicted molar refractivity (Wildman–Crippen MR) is 93.1 cm³/mol. The van der Waals surface area contributed by atoms with Gasteiger partial charge in [-0.25, -0.2) is 0 Å². The fourth-order valence-electron chi connectivity index (χ4n) is 2.33. The molecule has 0 aliphatic carbocycles. The molecule has 3 aromatic carbocycles. The van der Waals surface area contributed by atoms with Gasteiger partial charge < -0.3 is 5.32 Å². The molecule has 0 saturated carbocycles. The summed E-state index contributed by atoms with van der Waals surface area (Å²) >= 11 is 11.8. The standard InChI is InChI=1S/C18H13Cl2NO/c1-11-5-6-12-3-2-4-17(14(12)9-11)21-18(22)13-7-8-15(19)16(20)10-13/h2-10H,1H3,(H,21,22). The highest BCUT2D eigenvalue weighted by atomic mass is 35.5. The number of rotatable bonds is 2. The normalized spacial score (nSPS) is 10.7. The first-order valence-electron chi connectivity index (χ1n) is 6.80. The van der Waals surface area contributed by atoms with E-state index < -0.39 is 0 Å². The van der Waals surface area contributed by atoms with Crippen molar-refractivity contribution in [2.45, 2.75) is 6.92 Å². The Labute approximate surface area is 138 Å². The highest BCUT2D eigenvalue weighted by Gasteiger charge is 2.10. The van der Waals surface area contributed by atoms with Crippen LogP contribution < -0.4 is 5.32 Å². The van der Waals surface area contributed by atoms with E-state index in [1.165, 1.54) is 0 Å². The van der Waals surface area contributed by atoms with Crippen LogP contribution >= 0.6 is 23.2 Å². The van der Waals surface area contributed by atoms with Crippen molar-refractivity contribution < 1.29 is 4.79 Å². The van der Waals surface area contributed by atoms with Crippen LogP contribution in [0.15, 0.2) is 54.6 Å². The van der Waals surface area contributed by atoms with Crippen LogP contribution in [0, 0.1) is 6.92 Å². The number of carbonyl (C=O) groups is 1. The van der Waals surface area contributed by atoms with Crippen LogP contribution in [0.1, 0.15) is 15.9 Å². The lowest BCUT2D eigenvalue weighted by Crippen LogP contribution is -2.12. The van der Waals surface area contributed by atoms with Crippen molar-refractivity contribution in [1.29, 1.82) is 0 Å². The van der Waals surface area contributed by atoms with E-state index in [4.69, 9.17) is 23.2 Å².